The minimum atomic E-state index is 0.646. The molecule has 0 amide bonds. The number of para-hydroxylation sites is 3. The summed E-state index contributed by atoms with van der Waals surface area (Å²) in [6.45, 7) is 0. The highest BCUT2D eigenvalue weighted by Gasteiger charge is 2.22. The predicted molar refractivity (Wildman–Crippen MR) is 265 cm³/mol. The number of rotatable bonds is 6. The summed E-state index contributed by atoms with van der Waals surface area (Å²) in [6, 6.07) is 55.2. The second-order valence-corrected chi connectivity index (χ2v) is 17.6. The second-order valence-electron chi connectivity index (χ2n) is 16.5. The molecule has 0 spiro atoms. The van der Waals surface area contributed by atoms with E-state index in [-0.39, 0.29) is 0 Å². The zero-order chi connectivity index (χ0) is 41.4. The topological polar surface area (TPSA) is 48.5 Å². The van der Waals surface area contributed by atoms with Crippen molar-refractivity contribution in [3.8, 4) is 34.2 Å². The molecule has 298 valence electrons. The van der Waals surface area contributed by atoms with E-state index in [1.54, 1.807) is 11.3 Å². The Kier molecular flexibility index (Phi) is 8.28. The minimum Gasteiger partial charge on any atom is -0.309 e. The molecule has 5 nitrogen and oxygen atoms in total. The summed E-state index contributed by atoms with van der Waals surface area (Å²) >= 11 is 1.80. The van der Waals surface area contributed by atoms with Crippen LogP contribution in [0.25, 0.3) is 109 Å². The van der Waals surface area contributed by atoms with Crippen molar-refractivity contribution in [2.75, 3.05) is 0 Å². The fourth-order valence-electron chi connectivity index (χ4n) is 9.96. The van der Waals surface area contributed by atoms with Gasteiger partial charge in [-0.1, -0.05) is 134 Å². The van der Waals surface area contributed by atoms with Crippen molar-refractivity contribution in [1.29, 1.82) is 0 Å². The van der Waals surface area contributed by atoms with Crippen LogP contribution in [0.3, 0.4) is 0 Å². The van der Waals surface area contributed by atoms with Crippen molar-refractivity contribution in [3.05, 3.63) is 200 Å². The molecule has 63 heavy (non-hydrogen) atoms. The van der Waals surface area contributed by atoms with E-state index >= 15 is 0 Å². The van der Waals surface area contributed by atoms with Crippen molar-refractivity contribution in [2.24, 2.45) is 0 Å². The first kappa shape index (κ1) is 36.0. The summed E-state index contributed by atoms with van der Waals surface area (Å²) in [5.41, 5.74) is 12.4. The SMILES string of the molecule is C1=CCCC(c2ccc3c4ccccc4n(-c4ccc5c6ccccc6n(-c6ccccc6-c6nc(C7=CCCC=C7)nc(-c7cccc8c7sc7ccccc78)n6)c5c4)c3c2)=C1. The lowest BCUT2D eigenvalue weighted by molar-refractivity contribution is 1.00. The van der Waals surface area contributed by atoms with E-state index in [9.17, 15) is 0 Å². The number of nitrogens with zero attached hydrogens (tertiary/aromatic N) is 5. The molecule has 0 bridgehead atoms. The summed E-state index contributed by atoms with van der Waals surface area (Å²) in [7, 11) is 0. The number of aromatic nitrogens is 5. The van der Waals surface area contributed by atoms with E-state index in [1.165, 1.54) is 63.9 Å². The average molecular weight is 826 g/mol. The van der Waals surface area contributed by atoms with Crippen LogP contribution < -0.4 is 0 Å². The lowest BCUT2D eigenvalue weighted by Crippen LogP contribution is -2.05. The number of hydrogen-bond acceptors (Lipinski definition) is 4. The fourth-order valence-corrected chi connectivity index (χ4v) is 11.2. The third-order valence-electron chi connectivity index (χ3n) is 12.9. The van der Waals surface area contributed by atoms with Crippen LogP contribution in [0.2, 0.25) is 0 Å². The molecule has 0 fully saturated rings. The third-order valence-corrected chi connectivity index (χ3v) is 14.1. The third kappa shape index (κ3) is 5.79. The highest BCUT2D eigenvalue weighted by molar-refractivity contribution is 7.26. The van der Waals surface area contributed by atoms with Crippen LogP contribution in [-0.2, 0) is 0 Å². The van der Waals surface area contributed by atoms with Gasteiger partial charge in [-0.15, -0.1) is 11.3 Å². The summed E-state index contributed by atoms with van der Waals surface area (Å²) in [5, 5.41) is 7.36. The monoisotopic (exact) mass is 825 g/mol. The van der Waals surface area contributed by atoms with Crippen molar-refractivity contribution < 1.29 is 0 Å². The molecule has 6 heteroatoms. The molecule has 4 heterocycles. The van der Waals surface area contributed by atoms with Gasteiger partial charge in [0.1, 0.15) is 0 Å². The van der Waals surface area contributed by atoms with Gasteiger partial charge in [-0.25, -0.2) is 15.0 Å². The Labute approximate surface area is 367 Å². The van der Waals surface area contributed by atoms with Gasteiger partial charge in [0.05, 0.1) is 27.8 Å². The molecular formula is C57H39N5S. The predicted octanol–water partition coefficient (Wildman–Crippen LogP) is 15.2. The molecule has 0 unspecified atom stereocenters. The number of thiophene rings is 1. The maximum atomic E-state index is 5.40. The maximum Gasteiger partial charge on any atom is 0.166 e. The molecule has 4 aromatic heterocycles. The quantitative estimate of drug-likeness (QED) is 0.168. The Morgan fingerprint density at radius 2 is 1.14 bits per heavy atom. The Morgan fingerprint density at radius 3 is 1.95 bits per heavy atom. The van der Waals surface area contributed by atoms with Crippen molar-refractivity contribution in [3.63, 3.8) is 0 Å². The lowest BCUT2D eigenvalue weighted by atomic mass is 9.96. The van der Waals surface area contributed by atoms with E-state index in [0.29, 0.717) is 17.5 Å². The Morgan fingerprint density at radius 1 is 0.476 bits per heavy atom. The summed E-state index contributed by atoms with van der Waals surface area (Å²) in [4.78, 5) is 16.0. The van der Waals surface area contributed by atoms with Crippen molar-refractivity contribution in [1.82, 2.24) is 24.1 Å². The van der Waals surface area contributed by atoms with Gasteiger partial charge >= 0.3 is 0 Å². The maximum absolute atomic E-state index is 5.40. The van der Waals surface area contributed by atoms with Crippen LogP contribution in [0.4, 0.5) is 0 Å². The number of hydrogen-bond donors (Lipinski definition) is 0. The zero-order valence-corrected chi connectivity index (χ0v) is 35.2. The van der Waals surface area contributed by atoms with Gasteiger partial charge in [0.2, 0.25) is 0 Å². The first-order valence-electron chi connectivity index (χ1n) is 21.8. The standard InChI is InChI=1S/C57H39N5S/c1-3-16-36(17-4-1)38-30-32-42-40-20-7-11-26-48(40)61(51(42)34-38)39-31-33-43-41-21-8-12-27-49(41)62(52(43)35-39)50-28-13-9-23-46(50)56-58-55(37-18-5-2-6-19-37)59-57(60-56)47-25-15-24-45-44-22-10-14-29-53(44)63-54(45)47/h1,3,5,7-16,18-35H,2,4,6,17H2. The largest absolute Gasteiger partial charge is 0.309 e. The van der Waals surface area contributed by atoms with Crippen LogP contribution in [0, 0.1) is 0 Å². The van der Waals surface area contributed by atoms with Crippen LogP contribution in [-0.4, -0.2) is 24.1 Å². The van der Waals surface area contributed by atoms with Crippen LogP contribution in [0.1, 0.15) is 37.1 Å². The Hall–Kier alpha value is -7.67. The molecule has 0 radical (unpaired) electrons. The molecule has 0 saturated carbocycles. The van der Waals surface area contributed by atoms with Crippen LogP contribution in [0.5, 0.6) is 0 Å². The molecule has 0 saturated heterocycles. The molecular weight excluding hydrogens is 787 g/mol. The molecule has 0 aliphatic heterocycles. The Balaban J connectivity index is 1.05. The number of benzene rings is 7. The minimum absolute atomic E-state index is 0.646. The number of fused-ring (bicyclic) bond motifs is 9. The summed E-state index contributed by atoms with van der Waals surface area (Å²) in [5.74, 6) is 2.01. The smallest absolute Gasteiger partial charge is 0.166 e. The molecule has 11 aromatic rings. The highest BCUT2D eigenvalue weighted by atomic mass is 32.1. The second kappa shape index (κ2) is 14.5. The molecule has 2 aliphatic carbocycles. The van der Waals surface area contributed by atoms with E-state index in [4.69, 9.17) is 15.0 Å². The van der Waals surface area contributed by atoms with Crippen molar-refractivity contribution >= 4 is 86.3 Å². The van der Waals surface area contributed by atoms with Crippen molar-refractivity contribution in [2.45, 2.75) is 25.7 Å². The average Bonchev–Trinajstić information content (AvgIpc) is 4.01. The van der Waals surface area contributed by atoms with Gasteiger partial charge in [0, 0.05) is 64.1 Å². The number of allylic oxidation sites excluding steroid dienone is 8. The van der Waals surface area contributed by atoms with Crippen LogP contribution >= 0.6 is 11.3 Å². The van der Waals surface area contributed by atoms with E-state index in [0.717, 1.165) is 64.8 Å². The van der Waals surface area contributed by atoms with Gasteiger partial charge in [-0.2, -0.15) is 0 Å². The van der Waals surface area contributed by atoms with E-state index in [2.05, 4.69) is 197 Å². The molecule has 2 aliphatic rings. The molecule has 7 aromatic carbocycles. The summed E-state index contributed by atoms with van der Waals surface area (Å²) < 4.78 is 7.30. The van der Waals surface area contributed by atoms with E-state index < -0.39 is 0 Å². The van der Waals surface area contributed by atoms with Crippen LogP contribution in [0.15, 0.2) is 188 Å². The fraction of sp³-hybridized carbons (Fsp3) is 0.0702. The van der Waals surface area contributed by atoms with Gasteiger partial charge in [0.25, 0.3) is 0 Å². The van der Waals surface area contributed by atoms with Gasteiger partial charge in [-0.05, 0) is 91.4 Å². The van der Waals surface area contributed by atoms with E-state index in [1.807, 2.05) is 0 Å². The highest BCUT2D eigenvalue weighted by Crippen LogP contribution is 2.42. The first-order chi connectivity index (χ1) is 31.2. The van der Waals surface area contributed by atoms with Gasteiger partial charge < -0.3 is 9.13 Å². The lowest BCUT2D eigenvalue weighted by Gasteiger charge is -2.16. The van der Waals surface area contributed by atoms with Gasteiger partial charge in [0.15, 0.2) is 17.5 Å². The normalized spacial score (nSPS) is 14.2. The summed E-state index contributed by atoms with van der Waals surface area (Å²) in [6.07, 6.45) is 17.4. The Bertz CT molecular complexity index is 3810. The first-order valence-corrected chi connectivity index (χ1v) is 22.6. The molecule has 13 rings (SSSR count). The zero-order valence-electron chi connectivity index (χ0n) is 34.4. The molecule has 0 atom stereocenters. The van der Waals surface area contributed by atoms with Gasteiger partial charge in [-0.3, -0.25) is 0 Å². The molecule has 0 N–H and O–H groups in total.